The van der Waals surface area contributed by atoms with Gasteiger partial charge in [0.15, 0.2) is 5.82 Å². The third-order valence-corrected chi connectivity index (χ3v) is 4.74. The van der Waals surface area contributed by atoms with Crippen molar-refractivity contribution < 1.29 is 4.79 Å². The molecule has 1 N–H and O–H groups in total. The second-order valence-corrected chi connectivity index (χ2v) is 6.46. The summed E-state index contributed by atoms with van der Waals surface area (Å²) in [6, 6.07) is 10.2. The molecule has 24 heavy (non-hydrogen) atoms. The van der Waals surface area contributed by atoms with Gasteiger partial charge in [-0.05, 0) is 37.3 Å². The number of para-hydroxylation sites is 1. The highest BCUT2D eigenvalue weighted by Gasteiger charge is 2.27. The van der Waals surface area contributed by atoms with Crippen molar-refractivity contribution in [3.05, 3.63) is 48.2 Å². The van der Waals surface area contributed by atoms with Crippen molar-refractivity contribution in [1.29, 1.82) is 0 Å². The number of aromatic amines is 1. The predicted molar refractivity (Wildman–Crippen MR) is 91.6 cm³/mol. The second-order valence-electron chi connectivity index (χ2n) is 6.46. The van der Waals surface area contributed by atoms with Crippen LogP contribution < -0.4 is 0 Å². The molecule has 1 aliphatic rings. The smallest absolute Gasteiger partial charge is 0.242 e. The third-order valence-electron chi connectivity index (χ3n) is 4.74. The number of amides is 1. The summed E-state index contributed by atoms with van der Waals surface area (Å²) in [5, 5.41) is 8.33. The second kappa shape index (κ2) is 6.11. The summed E-state index contributed by atoms with van der Waals surface area (Å²) >= 11 is 0. The van der Waals surface area contributed by atoms with Gasteiger partial charge in [-0.1, -0.05) is 18.2 Å². The maximum absolute atomic E-state index is 12.7. The number of piperidine rings is 1. The largest absolute Gasteiger partial charge is 0.340 e. The van der Waals surface area contributed by atoms with E-state index in [-0.39, 0.29) is 11.8 Å². The van der Waals surface area contributed by atoms with E-state index in [4.69, 9.17) is 0 Å². The number of nitrogens with zero attached hydrogens (tertiary/aromatic N) is 4. The topological polar surface area (TPSA) is 66.8 Å². The minimum Gasteiger partial charge on any atom is -0.340 e. The molecule has 0 bridgehead atoms. The molecule has 6 nitrogen and oxygen atoms in total. The summed E-state index contributed by atoms with van der Waals surface area (Å²) in [5.74, 6) is 2.05. The molecular formula is C18H21N5O. The van der Waals surface area contributed by atoms with Crippen LogP contribution >= 0.6 is 0 Å². The summed E-state index contributed by atoms with van der Waals surface area (Å²) in [5.41, 5.74) is 1.10. The van der Waals surface area contributed by atoms with Crippen LogP contribution in [0.4, 0.5) is 0 Å². The lowest BCUT2D eigenvalue weighted by molar-refractivity contribution is -0.133. The molecule has 3 aromatic rings. The third kappa shape index (κ3) is 2.79. The lowest BCUT2D eigenvalue weighted by Gasteiger charge is -2.31. The average Bonchev–Trinajstić information content (AvgIpc) is 3.22. The summed E-state index contributed by atoms with van der Waals surface area (Å²) in [6.45, 7) is 3.81. The Labute approximate surface area is 140 Å². The van der Waals surface area contributed by atoms with Crippen molar-refractivity contribution in [2.75, 3.05) is 13.1 Å². The van der Waals surface area contributed by atoms with Crippen LogP contribution in [0.5, 0.6) is 0 Å². The summed E-state index contributed by atoms with van der Waals surface area (Å²) in [6.07, 6.45) is 4.02. The molecule has 0 radical (unpaired) electrons. The highest BCUT2D eigenvalue weighted by molar-refractivity contribution is 5.83. The first-order chi connectivity index (χ1) is 11.7. The minimum absolute atomic E-state index is 0.160. The van der Waals surface area contributed by atoms with E-state index in [9.17, 15) is 4.79 Å². The first-order valence-corrected chi connectivity index (χ1v) is 8.41. The van der Waals surface area contributed by atoms with Crippen LogP contribution in [0.3, 0.4) is 0 Å². The zero-order valence-corrected chi connectivity index (χ0v) is 13.8. The van der Waals surface area contributed by atoms with Gasteiger partial charge in [-0.15, -0.1) is 0 Å². The average molecular weight is 323 g/mol. The number of aryl methyl sites for hydroxylation is 1. The van der Waals surface area contributed by atoms with Crippen LogP contribution in [0.25, 0.3) is 10.9 Å². The van der Waals surface area contributed by atoms with Gasteiger partial charge in [-0.2, -0.15) is 5.10 Å². The highest BCUT2D eigenvalue weighted by Crippen LogP contribution is 2.25. The lowest BCUT2D eigenvalue weighted by Crippen LogP contribution is -2.41. The molecule has 2 aromatic heterocycles. The van der Waals surface area contributed by atoms with Crippen LogP contribution in [0.1, 0.15) is 30.4 Å². The van der Waals surface area contributed by atoms with Crippen LogP contribution in [-0.4, -0.2) is 43.6 Å². The van der Waals surface area contributed by atoms with Gasteiger partial charge in [-0.3, -0.25) is 9.89 Å². The molecule has 1 atom stereocenters. The van der Waals surface area contributed by atoms with Crippen molar-refractivity contribution >= 4 is 16.8 Å². The zero-order chi connectivity index (χ0) is 16.5. The number of likely N-dealkylation sites (tertiary alicyclic amines) is 1. The number of carbonyl (C=O) groups excluding carboxylic acids is 1. The van der Waals surface area contributed by atoms with Crippen LogP contribution in [-0.2, 0) is 11.3 Å². The van der Waals surface area contributed by atoms with Gasteiger partial charge < -0.3 is 9.47 Å². The maximum atomic E-state index is 12.7. The summed E-state index contributed by atoms with van der Waals surface area (Å²) in [4.78, 5) is 19.1. The van der Waals surface area contributed by atoms with Crippen LogP contribution in [0.2, 0.25) is 0 Å². The molecule has 124 valence electrons. The van der Waals surface area contributed by atoms with Gasteiger partial charge >= 0.3 is 0 Å². The summed E-state index contributed by atoms with van der Waals surface area (Å²) < 4.78 is 2.03. The molecule has 0 spiro atoms. The number of hydrogen-bond acceptors (Lipinski definition) is 3. The SMILES string of the molecule is Cc1nc([C@H]2CCCN(C(=O)Cn3ccc4ccccc43)C2)n[nH]1. The Morgan fingerprint density at radius 3 is 3.04 bits per heavy atom. The number of carbonyl (C=O) groups is 1. The number of rotatable bonds is 3. The van der Waals surface area contributed by atoms with Crippen LogP contribution in [0, 0.1) is 6.92 Å². The normalized spacial score (nSPS) is 18.2. The van der Waals surface area contributed by atoms with Gasteiger partial charge in [0, 0.05) is 30.7 Å². The van der Waals surface area contributed by atoms with Crippen LogP contribution in [0.15, 0.2) is 36.5 Å². The Hall–Kier alpha value is -2.63. The molecule has 1 aliphatic heterocycles. The molecule has 1 fully saturated rings. The Bertz CT molecular complexity index is 865. The fourth-order valence-corrected chi connectivity index (χ4v) is 3.48. The van der Waals surface area contributed by atoms with E-state index in [1.165, 1.54) is 0 Å². The van der Waals surface area contributed by atoms with Gasteiger partial charge in [-0.25, -0.2) is 4.98 Å². The van der Waals surface area contributed by atoms with E-state index in [1.54, 1.807) is 0 Å². The minimum atomic E-state index is 0.160. The summed E-state index contributed by atoms with van der Waals surface area (Å²) in [7, 11) is 0. The fourth-order valence-electron chi connectivity index (χ4n) is 3.48. The van der Waals surface area contributed by atoms with Gasteiger partial charge in [0.25, 0.3) is 0 Å². The number of hydrogen-bond donors (Lipinski definition) is 1. The number of benzene rings is 1. The first-order valence-electron chi connectivity index (χ1n) is 8.41. The molecule has 0 aliphatic carbocycles. The van der Waals surface area contributed by atoms with E-state index >= 15 is 0 Å². The number of nitrogens with one attached hydrogen (secondary N) is 1. The molecule has 4 rings (SSSR count). The molecule has 1 amide bonds. The molecule has 3 heterocycles. The Balaban J connectivity index is 1.48. The molecule has 0 saturated carbocycles. The molecule has 6 heteroatoms. The van der Waals surface area contributed by atoms with Crippen molar-refractivity contribution in [1.82, 2.24) is 24.6 Å². The monoisotopic (exact) mass is 323 g/mol. The molecule has 1 aromatic carbocycles. The standard InChI is InChI=1S/C18H21N5O/c1-13-19-18(21-20-13)15-6-4-9-23(11-15)17(24)12-22-10-8-14-5-2-3-7-16(14)22/h2-3,5,7-8,10,15H,4,6,9,11-12H2,1H3,(H,19,20,21)/t15-/m0/s1. The Kier molecular flexibility index (Phi) is 3.80. The van der Waals surface area contributed by atoms with E-state index in [2.05, 4.69) is 33.4 Å². The van der Waals surface area contributed by atoms with Crippen molar-refractivity contribution in [2.45, 2.75) is 32.2 Å². The molecular weight excluding hydrogens is 302 g/mol. The van der Waals surface area contributed by atoms with E-state index in [1.807, 2.05) is 34.7 Å². The van der Waals surface area contributed by atoms with Crippen molar-refractivity contribution in [3.8, 4) is 0 Å². The lowest BCUT2D eigenvalue weighted by atomic mass is 9.97. The maximum Gasteiger partial charge on any atom is 0.242 e. The number of aromatic nitrogens is 4. The predicted octanol–water partition coefficient (Wildman–Crippen LogP) is 2.47. The number of H-pyrrole nitrogens is 1. The van der Waals surface area contributed by atoms with Gasteiger partial charge in [0.1, 0.15) is 12.4 Å². The fraction of sp³-hybridized carbons (Fsp3) is 0.389. The zero-order valence-electron chi connectivity index (χ0n) is 13.8. The van der Waals surface area contributed by atoms with Gasteiger partial charge in [0.05, 0.1) is 0 Å². The Morgan fingerprint density at radius 1 is 1.33 bits per heavy atom. The quantitative estimate of drug-likeness (QED) is 0.805. The molecule has 1 saturated heterocycles. The van der Waals surface area contributed by atoms with Crippen molar-refractivity contribution in [2.24, 2.45) is 0 Å². The van der Waals surface area contributed by atoms with E-state index in [0.717, 1.165) is 41.9 Å². The first kappa shape index (κ1) is 14.9. The van der Waals surface area contributed by atoms with E-state index < -0.39 is 0 Å². The molecule has 0 unspecified atom stereocenters. The van der Waals surface area contributed by atoms with Gasteiger partial charge in [0.2, 0.25) is 5.91 Å². The van der Waals surface area contributed by atoms with Crippen molar-refractivity contribution in [3.63, 3.8) is 0 Å². The number of fused-ring (bicyclic) bond motifs is 1. The Morgan fingerprint density at radius 2 is 2.21 bits per heavy atom. The van der Waals surface area contributed by atoms with E-state index in [0.29, 0.717) is 13.1 Å². The highest BCUT2D eigenvalue weighted by atomic mass is 16.2.